The lowest BCUT2D eigenvalue weighted by Gasteiger charge is -2.16. The molecule has 2 aromatic heterocycles. The number of carbonyl (C=O) groups excluding carboxylic acids is 1. The smallest absolute Gasteiger partial charge is 0.224 e. The topological polar surface area (TPSA) is 75.9 Å². The highest BCUT2D eigenvalue weighted by Crippen LogP contribution is 2.23. The number of hydrogen-bond acceptors (Lipinski definition) is 5. The van der Waals surface area contributed by atoms with Crippen molar-refractivity contribution in [1.29, 1.82) is 0 Å². The summed E-state index contributed by atoms with van der Waals surface area (Å²) in [6.07, 6.45) is 5.02. The molecule has 0 unspecified atom stereocenters. The molecular formula is C22H25BrN6O. The Labute approximate surface area is 184 Å². The van der Waals surface area contributed by atoms with Crippen LogP contribution in [0, 0.1) is 13.8 Å². The number of halogens is 1. The number of anilines is 2. The van der Waals surface area contributed by atoms with Gasteiger partial charge in [-0.3, -0.25) is 4.79 Å². The van der Waals surface area contributed by atoms with Gasteiger partial charge in [-0.25, -0.2) is 14.6 Å². The van der Waals surface area contributed by atoms with Gasteiger partial charge in [0, 0.05) is 41.4 Å². The molecule has 8 heteroatoms. The highest BCUT2D eigenvalue weighted by Gasteiger charge is 2.18. The minimum absolute atomic E-state index is 0.0157. The zero-order chi connectivity index (χ0) is 21.1. The standard InChI is InChI=1S/C22H25BrN6O/c1-15-19(8-9-22(30)26-18-7-5-6-17(23)12-18)16(2)29(27-15)21-13-20(24-14-25-21)28-10-3-4-11-28/h5-7,12-14H,3-4,8-11H2,1-2H3,(H,26,30). The van der Waals surface area contributed by atoms with E-state index >= 15 is 0 Å². The largest absolute Gasteiger partial charge is 0.356 e. The molecule has 1 amide bonds. The van der Waals surface area contributed by atoms with Crippen LogP contribution in [-0.2, 0) is 11.2 Å². The Balaban J connectivity index is 1.47. The third-order valence-electron chi connectivity index (χ3n) is 5.44. The molecule has 0 atom stereocenters. The van der Waals surface area contributed by atoms with Crippen molar-refractivity contribution in [3.05, 3.63) is 58.1 Å². The molecule has 0 bridgehead atoms. The average molecular weight is 469 g/mol. The second-order valence-electron chi connectivity index (χ2n) is 7.55. The highest BCUT2D eigenvalue weighted by molar-refractivity contribution is 9.10. The van der Waals surface area contributed by atoms with E-state index in [1.807, 2.05) is 48.9 Å². The number of nitrogens with one attached hydrogen (secondary N) is 1. The molecule has 30 heavy (non-hydrogen) atoms. The molecule has 0 radical (unpaired) electrons. The number of aromatic nitrogens is 4. The van der Waals surface area contributed by atoms with E-state index in [0.717, 1.165) is 51.8 Å². The molecule has 4 rings (SSSR count). The summed E-state index contributed by atoms with van der Waals surface area (Å²) in [6, 6.07) is 9.59. The lowest BCUT2D eigenvalue weighted by molar-refractivity contribution is -0.116. The summed E-state index contributed by atoms with van der Waals surface area (Å²) >= 11 is 3.42. The van der Waals surface area contributed by atoms with Crippen LogP contribution in [0.15, 0.2) is 41.1 Å². The Morgan fingerprint density at radius 3 is 2.67 bits per heavy atom. The van der Waals surface area contributed by atoms with Gasteiger partial charge in [0.15, 0.2) is 5.82 Å². The normalized spacial score (nSPS) is 13.6. The zero-order valence-electron chi connectivity index (χ0n) is 17.2. The molecule has 7 nitrogen and oxygen atoms in total. The van der Waals surface area contributed by atoms with E-state index in [1.54, 1.807) is 6.33 Å². The minimum Gasteiger partial charge on any atom is -0.356 e. The fraction of sp³-hybridized carbons (Fsp3) is 0.364. The Morgan fingerprint density at radius 2 is 1.90 bits per heavy atom. The number of rotatable bonds is 6. The van der Waals surface area contributed by atoms with Gasteiger partial charge in [-0.2, -0.15) is 5.10 Å². The van der Waals surface area contributed by atoms with E-state index in [0.29, 0.717) is 12.8 Å². The van der Waals surface area contributed by atoms with E-state index in [-0.39, 0.29) is 5.91 Å². The maximum absolute atomic E-state index is 12.4. The first-order valence-corrected chi connectivity index (χ1v) is 11.0. The Bertz CT molecular complexity index is 1060. The number of nitrogens with zero attached hydrogens (tertiary/aromatic N) is 5. The molecule has 3 aromatic rings. The van der Waals surface area contributed by atoms with Crippen LogP contribution in [0.2, 0.25) is 0 Å². The van der Waals surface area contributed by atoms with Crippen molar-refractivity contribution in [2.45, 2.75) is 39.5 Å². The summed E-state index contributed by atoms with van der Waals surface area (Å²) in [5.74, 6) is 1.69. The first kappa shape index (κ1) is 20.5. The van der Waals surface area contributed by atoms with Crippen molar-refractivity contribution < 1.29 is 4.79 Å². The van der Waals surface area contributed by atoms with Crippen LogP contribution >= 0.6 is 15.9 Å². The van der Waals surface area contributed by atoms with E-state index < -0.39 is 0 Å². The summed E-state index contributed by atoms with van der Waals surface area (Å²) in [7, 11) is 0. The van der Waals surface area contributed by atoms with Crippen molar-refractivity contribution in [1.82, 2.24) is 19.7 Å². The molecule has 0 spiro atoms. The van der Waals surface area contributed by atoms with Gasteiger partial charge < -0.3 is 10.2 Å². The van der Waals surface area contributed by atoms with Crippen molar-refractivity contribution in [3.8, 4) is 5.82 Å². The highest BCUT2D eigenvalue weighted by atomic mass is 79.9. The molecule has 1 aromatic carbocycles. The van der Waals surface area contributed by atoms with Crippen molar-refractivity contribution in [2.24, 2.45) is 0 Å². The summed E-state index contributed by atoms with van der Waals surface area (Å²) in [5, 5.41) is 7.64. The van der Waals surface area contributed by atoms with E-state index in [1.165, 1.54) is 12.8 Å². The van der Waals surface area contributed by atoms with Crippen LogP contribution in [0.5, 0.6) is 0 Å². The third kappa shape index (κ3) is 4.53. The lowest BCUT2D eigenvalue weighted by atomic mass is 10.1. The molecule has 0 saturated carbocycles. The molecule has 1 fully saturated rings. The maximum atomic E-state index is 12.4. The predicted octanol–water partition coefficient (Wildman–Crippen LogP) is 4.21. The third-order valence-corrected chi connectivity index (χ3v) is 5.93. The molecule has 3 heterocycles. The quantitative estimate of drug-likeness (QED) is 0.586. The van der Waals surface area contributed by atoms with E-state index in [9.17, 15) is 4.79 Å². The van der Waals surface area contributed by atoms with Gasteiger partial charge in [0.2, 0.25) is 5.91 Å². The monoisotopic (exact) mass is 468 g/mol. The molecule has 1 N–H and O–H groups in total. The zero-order valence-corrected chi connectivity index (χ0v) is 18.8. The van der Waals surface area contributed by atoms with Crippen LogP contribution in [0.25, 0.3) is 5.82 Å². The van der Waals surface area contributed by atoms with Crippen LogP contribution in [0.4, 0.5) is 11.5 Å². The summed E-state index contributed by atoms with van der Waals surface area (Å²) < 4.78 is 2.80. The maximum Gasteiger partial charge on any atom is 0.224 e. The molecule has 156 valence electrons. The van der Waals surface area contributed by atoms with Crippen molar-refractivity contribution >= 4 is 33.3 Å². The first-order valence-electron chi connectivity index (χ1n) is 10.2. The first-order chi connectivity index (χ1) is 14.5. The Hall–Kier alpha value is -2.74. The molecule has 0 aliphatic carbocycles. The van der Waals surface area contributed by atoms with Crippen molar-refractivity contribution in [2.75, 3.05) is 23.3 Å². The number of carbonyl (C=O) groups is 1. The molecular weight excluding hydrogens is 444 g/mol. The minimum atomic E-state index is -0.0157. The van der Waals surface area contributed by atoms with Gasteiger partial charge in [0.1, 0.15) is 12.1 Å². The molecule has 1 aliphatic heterocycles. The average Bonchev–Trinajstić information content (AvgIpc) is 3.35. The molecule has 1 aliphatic rings. The predicted molar refractivity (Wildman–Crippen MR) is 121 cm³/mol. The second kappa shape index (κ2) is 8.95. The van der Waals surface area contributed by atoms with Gasteiger partial charge >= 0.3 is 0 Å². The van der Waals surface area contributed by atoms with Crippen LogP contribution in [0.3, 0.4) is 0 Å². The second-order valence-corrected chi connectivity index (χ2v) is 8.46. The van der Waals surface area contributed by atoms with Gasteiger partial charge in [-0.1, -0.05) is 22.0 Å². The SMILES string of the molecule is Cc1nn(-c2cc(N3CCCC3)ncn2)c(C)c1CCC(=O)Nc1cccc(Br)c1. The number of hydrogen-bond donors (Lipinski definition) is 1. The van der Waals surface area contributed by atoms with Crippen LogP contribution in [0.1, 0.15) is 36.2 Å². The Morgan fingerprint density at radius 1 is 1.13 bits per heavy atom. The van der Waals surface area contributed by atoms with Crippen LogP contribution in [-0.4, -0.2) is 38.7 Å². The summed E-state index contributed by atoms with van der Waals surface area (Å²) in [4.78, 5) is 23.6. The lowest BCUT2D eigenvalue weighted by Crippen LogP contribution is -2.19. The van der Waals surface area contributed by atoms with Gasteiger partial charge in [-0.15, -0.1) is 0 Å². The number of aryl methyl sites for hydroxylation is 1. The van der Waals surface area contributed by atoms with E-state index in [4.69, 9.17) is 5.10 Å². The summed E-state index contributed by atoms with van der Waals surface area (Å²) in [6.45, 7) is 6.07. The van der Waals surface area contributed by atoms with Crippen LogP contribution < -0.4 is 10.2 Å². The fourth-order valence-corrected chi connectivity index (χ4v) is 4.26. The Kier molecular flexibility index (Phi) is 6.13. The van der Waals surface area contributed by atoms with Crippen molar-refractivity contribution in [3.63, 3.8) is 0 Å². The van der Waals surface area contributed by atoms with Gasteiger partial charge in [0.25, 0.3) is 0 Å². The number of benzene rings is 1. The van der Waals surface area contributed by atoms with Gasteiger partial charge in [0.05, 0.1) is 5.69 Å². The van der Waals surface area contributed by atoms with E-state index in [2.05, 4.69) is 36.1 Å². The number of amides is 1. The van der Waals surface area contributed by atoms with Gasteiger partial charge in [-0.05, 0) is 56.9 Å². The fourth-order valence-electron chi connectivity index (χ4n) is 3.86. The summed E-state index contributed by atoms with van der Waals surface area (Å²) in [5.41, 5.74) is 3.80. The molecule has 1 saturated heterocycles.